The molecule has 0 amide bonds. The van der Waals surface area contributed by atoms with Crippen molar-refractivity contribution in [2.24, 2.45) is 9.98 Å². The number of hydrogen-bond acceptors (Lipinski definition) is 9. The second-order valence-electron chi connectivity index (χ2n) is 11.8. The van der Waals surface area contributed by atoms with Crippen molar-refractivity contribution < 1.29 is 29.7 Å². The third-order valence-corrected chi connectivity index (χ3v) is 7.61. The number of aromatic carboxylic acids is 3. The smallest absolute Gasteiger partial charge is 0.335 e. The molecular weight excluding hydrogens is 684 g/mol. The van der Waals surface area contributed by atoms with Gasteiger partial charge >= 0.3 is 17.9 Å². The summed E-state index contributed by atoms with van der Waals surface area (Å²) in [7, 11) is 0. The number of aromatic nitrogens is 2. The van der Waals surface area contributed by atoms with E-state index in [9.17, 15) is 14.4 Å². The number of nitrogens with zero attached hydrogens (tertiary/aromatic N) is 4. The van der Waals surface area contributed by atoms with Crippen molar-refractivity contribution in [3.63, 3.8) is 0 Å². The number of pyridine rings is 2. The van der Waals surface area contributed by atoms with Gasteiger partial charge in [0.2, 0.25) is 0 Å². The van der Waals surface area contributed by atoms with Crippen LogP contribution in [0.3, 0.4) is 0 Å². The van der Waals surface area contributed by atoms with E-state index < -0.39 is 17.9 Å². The lowest BCUT2D eigenvalue weighted by atomic mass is 10.2. The molecule has 2 heterocycles. The van der Waals surface area contributed by atoms with Gasteiger partial charge in [-0.1, -0.05) is 42.5 Å². The molecule has 0 aliphatic rings. The Morgan fingerprint density at radius 1 is 0.537 bits per heavy atom. The molecule has 6 aromatic rings. The van der Waals surface area contributed by atoms with E-state index in [0.29, 0.717) is 35.8 Å². The Bertz CT molecular complexity index is 2250. The van der Waals surface area contributed by atoms with Crippen molar-refractivity contribution in [2.45, 2.75) is 20.0 Å². The van der Waals surface area contributed by atoms with Crippen LogP contribution in [0, 0.1) is 6.92 Å². The van der Waals surface area contributed by atoms with E-state index in [4.69, 9.17) is 15.3 Å². The number of anilines is 2. The van der Waals surface area contributed by atoms with Crippen LogP contribution >= 0.6 is 0 Å². The maximum atomic E-state index is 11.0. The van der Waals surface area contributed by atoms with Gasteiger partial charge in [0.05, 0.1) is 76.4 Å². The van der Waals surface area contributed by atoms with Crippen molar-refractivity contribution in [2.75, 3.05) is 10.6 Å². The highest BCUT2D eigenvalue weighted by molar-refractivity contribution is 5.90. The topological polar surface area (TPSA) is 186 Å². The van der Waals surface area contributed by atoms with Crippen LogP contribution in [0.1, 0.15) is 59.4 Å². The minimum atomic E-state index is -0.977. The lowest BCUT2D eigenvalue weighted by Gasteiger charge is -2.10. The molecule has 5 N–H and O–H groups in total. The summed E-state index contributed by atoms with van der Waals surface area (Å²) in [5.74, 6) is -2.92. The van der Waals surface area contributed by atoms with E-state index in [2.05, 4.69) is 30.6 Å². The largest absolute Gasteiger partial charge is 0.478 e. The monoisotopic (exact) mass is 720 g/mol. The Balaban J connectivity index is 0.000000208. The Labute approximate surface area is 311 Å². The molecule has 270 valence electrons. The fourth-order valence-corrected chi connectivity index (χ4v) is 4.96. The molecule has 0 atom stereocenters. The molecule has 0 fully saturated rings. The summed E-state index contributed by atoms with van der Waals surface area (Å²) < 4.78 is 0. The van der Waals surface area contributed by atoms with Crippen molar-refractivity contribution >= 4 is 53.1 Å². The van der Waals surface area contributed by atoms with Crippen LogP contribution in [0.4, 0.5) is 22.7 Å². The van der Waals surface area contributed by atoms with Crippen LogP contribution in [0.15, 0.2) is 143 Å². The fourth-order valence-electron chi connectivity index (χ4n) is 4.96. The molecule has 12 heteroatoms. The molecular formula is C42H36N6O6. The Kier molecular flexibility index (Phi) is 13.1. The van der Waals surface area contributed by atoms with Gasteiger partial charge in [0.15, 0.2) is 0 Å². The average Bonchev–Trinajstić information content (AvgIpc) is 3.18. The summed E-state index contributed by atoms with van der Waals surface area (Å²) in [6.45, 7) is 2.92. The SMILES string of the molecule is Cc1cccc(N=Cc2cccc(C=Nc3cccc(C(=O)O)c3)n2)c1.O=C(O)c1cccc(NCc2cccc(CNc3cccc(C(=O)O)c3)n2)c1. The molecule has 12 nitrogen and oxygen atoms in total. The minimum Gasteiger partial charge on any atom is -0.478 e. The van der Waals surface area contributed by atoms with Crippen molar-refractivity contribution in [3.8, 4) is 0 Å². The second-order valence-corrected chi connectivity index (χ2v) is 11.8. The molecule has 0 unspecified atom stereocenters. The second kappa shape index (κ2) is 18.7. The summed E-state index contributed by atoms with van der Waals surface area (Å²) >= 11 is 0. The first-order chi connectivity index (χ1) is 26.1. The zero-order chi connectivity index (χ0) is 38.3. The standard InChI is InChI=1S/C21H19N3O4.C21H17N3O2/c25-20(26)14-4-1-6-16(10-14)22-12-18-8-3-9-19(24-18)13-23-17-7-2-5-15(11-17)21(27)28;1-15-5-2-7-17(11-15)22-13-19-9-4-10-20(24-19)14-23-18-8-3-6-16(12-18)21(25)26/h1-11,22-23H,12-13H2,(H,25,26)(H,27,28);2-14H,1H3,(H,25,26). The molecule has 0 saturated heterocycles. The normalized spacial score (nSPS) is 10.8. The quantitative estimate of drug-likeness (QED) is 0.0727. The number of benzene rings is 4. The van der Waals surface area contributed by atoms with Gasteiger partial charge in [-0.2, -0.15) is 0 Å². The molecule has 0 spiro atoms. The van der Waals surface area contributed by atoms with Crippen molar-refractivity contribution in [3.05, 3.63) is 178 Å². The Morgan fingerprint density at radius 2 is 0.963 bits per heavy atom. The number of carboxylic acids is 3. The van der Waals surface area contributed by atoms with E-state index in [1.165, 1.54) is 24.3 Å². The van der Waals surface area contributed by atoms with Crippen LogP contribution in [0.2, 0.25) is 0 Å². The van der Waals surface area contributed by atoms with E-state index in [0.717, 1.165) is 28.3 Å². The Hall–Kier alpha value is -7.47. The Morgan fingerprint density at radius 3 is 1.46 bits per heavy atom. The van der Waals surface area contributed by atoms with E-state index in [1.807, 2.05) is 67.6 Å². The van der Waals surface area contributed by atoms with Gasteiger partial charge < -0.3 is 26.0 Å². The summed E-state index contributed by atoms with van der Waals surface area (Å²) in [5, 5.41) is 33.5. The summed E-state index contributed by atoms with van der Waals surface area (Å²) in [6.07, 6.45) is 3.31. The first kappa shape index (κ1) is 37.8. The number of carboxylic acid groups (broad SMARTS) is 3. The van der Waals surface area contributed by atoms with Crippen LogP contribution < -0.4 is 10.6 Å². The molecule has 0 aliphatic heterocycles. The zero-order valence-electron chi connectivity index (χ0n) is 29.1. The zero-order valence-corrected chi connectivity index (χ0v) is 29.1. The fraction of sp³-hybridized carbons (Fsp3) is 0.0714. The lowest BCUT2D eigenvalue weighted by molar-refractivity contribution is 0.0686. The maximum Gasteiger partial charge on any atom is 0.335 e. The number of nitrogens with one attached hydrogen (secondary N) is 2. The molecule has 0 bridgehead atoms. The van der Waals surface area contributed by atoms with Gasteiger partial charge in [-0.05, 0) is 103 Å². The molecule has 54 heavy (non-hydrogen) atoms. The highest BCUT2D eigenvalue weighted by Gasteiger charge is 2.06. The number of carbonyl (C=O) groups is 3. The predicted molar refractivity (Wildman–Crippen MR) is 209 cm³/mol. The van der Waals surface area contributed by atoms with Crippen LogP contribution in [0.25, 0.3) is 0 Å². The molecule has 4 aromatic carbocycles. The predicted octanol–water partition coefficient (Wildman–Crippen LogP) is 8.29. The maximum absolute atomic E-state index is 11.0. The van der Waals surface area contributed by atoms with Crippen LogP contribution in [-0.4, -0.2) is 55.6 Å². The van der Waals surface area contributed by atoms with Gasteiger partial charge in [-0.25, -0.2) is 19.4 Å². The number of aliphatic imine (C=N–C) groups is 2. The molecule has 6 rings (SSSR count). The highest BCUT2D eigenvalue weighted by atomic mass is 16.4. The highest BCUT2D eigenvalue weighted by Crippen LogP contribution is 2.16. The molecule has 2 aromatic heterocycles. The number of hydrogen-bond donors (Lipinski definition) is 5. The van der Waals surface area contributed by atoms with Gasteiger partial charge in [0, 0.05) is 11.4 Å². The van der Waals surface area contributed by atoms with Gasteiger partial charge in [-0.3, -0.25) is 15.0 Å². The van der Waals surface area contributed by atoms with Crippen molar-refractivity contribution in [1.82, 2.24) is 9.97 Å². The van der Waals surface area contributed by atoms with E-state index in [-0.39, 0.29) is 16.7 Å². The molecule has 0 aliphatic carbocycles. The molecule has 0 radical (unpaired) electrons. The van der Waals surface area contributed by atoms with E-state index >= 15 is 0 Å². The minimum absolute atomic E-state index is 0.201. The van der Waals surface area contributed by atoms with Crippen molar-refractivity contribution in [1.29, 1.82) is 0 Å². The summed E-state index contributed by atoms with van der Waals surface area (Å²) in [6, 6.07) is 38.8. The first-order valence-electron chi connectivity index (χ1n) is 16.7. The van der Waals surface area contributed by atoms with Gasteiger partial charge in [0.1, 0.15) is 0 Å². The third-order valence-electron chi connectivity index (χ3n) is 7.61. The third kappa shape index (κ3) is 11.8. The average molecular weight is 721 g/mol. The number of aryl methyl sites for hydroxylation is 1. The van der Waals surface area contributed by atoms with Crippen LogP contribution in [-0.2, 0) is 13.1 Å². The first-order valence-corrected chi connectivity index (χ1v) is 16.7. The van der Waals surface area contributed by atoms with Gasteiger partial charge in [0.25, 0.3) is 0 Å². The summed E-state index contributed by atoms with van der Waals surface area (Å²) in [4.78, 5) is 50.8. The van der Waals surface area contributed by atoms with Crippen LogP contribution in [0.5, 0.6) is 0 Å². The van der Waals surface area contributed by atoms with E-state index in [1.54, 1.807) is 61.0 Å². The van der Waals surface area contributed by atoms with Gasteiger partial charge in [-0.15, -0.1) is 0 Å². The summed E-state index contributed by atoms with van der Waals surface area (Å²) in [5.41, 5.74) is 7.63. The molecule has 0 saturated carbocycles. The number of rotatable bonds is 13. The lowest BCUT2D eigenvalue weighted by Crippen LogP contribution is -2.07.